The van der Waals surface area contributed by atoms with Crippen molar-refractivity contribution in [2.45, 2.75) is 22.9 Å². The molecule has 2 aliphatic carbocycles. The Balaban J connectivity index is 1.56. The number of halogens is 4. The summed E-state index contributed by atoms with van der Waals surface area (Å²) in [6.07, 6.45) is 4.15. The van der Waals surface area contributed by atoms with Gasteiger partial charge in [-0.05, 0) is 42.5 Å². The van der Waals surface area contributed by atoms with Crippen molar-refractivity contribution in [2.75, 3.05) is 12.4 Å². The molecule has 0 aromatic heterocycles. The molecule has 0 saturated heterocycles. The number of sulfone groups is 1. The van der Waals surface area contributed by atoms with Crippen LogP contribution in [-0.4, -0.2) is 44.0 Å². The number of amides is 2. The Morgan fingerprint density at radius 1 is 1.11 bits per heavy atom. The average Bonchev–Trinajstić information content (AvgIpc) is 3.41. The van der Waals surface area contributed by atoms with Crippen molar-refractivity contribution in [3.8, 4) is 11.5 Å². The molecule has 2 aromatic carbocycles. The molecule has 0 aliphatic heterocycles. The minimum absolute atomic E-state index is 0.134. The van der Waals surface area contributed by atoms with Gasteiger partial charge in [-0.2, -0.15) is 13.2 Å². The number of hydrogen-bond acceptors (Lipinski definition) is 6. The monoisotopic (exact) mass is 528 g/mol. The summed E-state index contributed by atoms with van der Waals surface area (Å²) in [6.45, 7) is 0. The number of nitrogens with one attached hydrogen (secondary N) is 2. The fourth-order valence-electron chi connectivity index (χ4n) is 4.60. The normalized spacial score (nSPS) is 22.9. The second-order valence-electron chi connectivity index (χ2n) is 8.44. The highest BCUT2D eigenvalue weighted by molar-refractivity contribution is 7.92. The molecule has 1 saturated carbocycles. The number of benzene rings is 2. The van der Waals surface area contributed by atoms with Crippen molar-refractivity contribution in [2.24, 2.45) is 17.8 Å². The van der Waals surface area contributed by atoms with Crippen molar-refractivity contribution < 1.29 is 45.4 Å². The highest BCUT2D eigenvalue weighted by atomic mass is 32.2. The molecule has 36 heavy (non-hydrogen) atoms. The van der Waals surface area contributed by atoms with Gasteiger partial charge >= 0.3 is 5.51 Å². The van der Waals surface area contributed by atoms with Crippen molar-refractivity contribution >= 4 is 27.3 Å². The topological polar surface area (TPSA) is 122 Å². The Morgan fingerprint density at radius 2 is 1.81 bits per heavy atom. The fraction of sp³-hybridized carbons (Fsp3) is 0.304. The van der Waals surface area contributed by atoms with Crippen LogP contribution in [0.4, 0.5) is 23.2 Å². The van der Waals surface area contributed by atoms with E-state index in [0.717, 1.165) is 24.3 Å². The van der Waals surface area contributed by atoms with Gasteiger partial charge in [0.05, 0.1) is 23.5 Å². The maximum absolute atomic E-state index is 13.7. The van der Waals surface area contributed by atoms with Gasteiger partial charge in [-0.3, -0.25) is 9.59 Å². The summed E-state index contributed by atoms with van der Waals surface area (Å²) in [7, 11) is -4.40. The third-order valence-corrected chi connectivity index (χ3v) is 7.77. The number of allylic oxidation sites excluding steroid dienone is 1. The number of methoxy groups -OCH3 is 1. The molecule has 0 radical (unpaired) electrons. The van der Waals surface area contributed by atoms with E-state index in [1.54, 1.807) is 6.08 Å². The number of anilines is 1. The Labute approximate surface area is 202 Å². The first kappa shape index (κ1) is 25.5. The van der Waals surface area contributed by atoms with Crippen LogP contribution in [0.25, 0.3) is 0 Å². The zero-order valence-electron chi connectivity index (χ0n) is 18.5. The van der Waals surface area contributed by atoms with Gasteiger partial charge in [0.1, 0.15) is 5.75 Å². The van der Waals surface area contributed by atoms with Crippen LogP contribution in [0.1, 0.15) is 16.8 Å². The van der Waals surface area contributed by atoms with E-state index in [1.807, 2.05) is 6.08 Å². The Kier molecular flexibility index (Phi) is 6.45. The molecule has 2 amide bonds. The van der Waals surface area contributed by atoms with Crippen LogP contribution >= 0.6 is 0 Å². The van der Waals surface area contributed by atoms with Crippen molar-refractivity contribution in [3.63, 3.8) is 0 Å². The van der Waals surface area contributed by atoms with Crippen LogP contribution in [0, 0.1) is 23.6 Å². The summed E-state index contributed by atoms with van der Waals surface area (Å²) in [5, 5.41) is 14.8. The number of phenols is 1. The molecule has 2 aliphatic rings. The number of alkyl halides is 3. The zero-order chi connectivity index (χ0) is 26.4. The minimum atomic E-state index is -5.61. The summed E-state index contributed by atoms with van der Waals surface area (Å²) in [5.74, 6) is -4.60. The third kappa shape index (κ3) is 4.50. The number of carbonyl (C=O) groups is 2. The molecule has 4 rings (SSSR count). The maximum Gasteiger partial charge on any atom is 0.501 e. The highest BCUT2D eigenvalue weighted by Gasteiger charge is 2.49. The fourth-order valence-corrected chi connectivity index (χ4v) is 5.40. The number of rotatable bonds is 6. The van der Waals surface area contributed by atoms with E-state index in [-0.39, 0.29) is 28.8 Å². The van der Waals surface area contributed by atoms with E-state index in [0.29, 0.717) is 12.5 Å². The average molecular weight is 528 g/mol. The van der Waals surface area contributed by atoms with Crippen molar-refractivity contribution in [3.05, 3.63) is 59.9 Å². The lowest BCUT2D eigenvalue weighted by atomic mass is 9.87. The molecule has 2 aromatic rings. The smallest absolute Gasteiger partial charge is 0.501 e. The van der Waals surface area contributed by atoms with E-state index in [4.69, 9.17) is 4.74 Å². The second-order valence-corrected chi connectivity index (χ2v) is 10.4. The van der Waals surface area contributed by atoms with Gasteiger partial charge < -0.3 is 20.5 Å². The van der Waals surface area contributed by atoms with Gasteiger partial charge in [0.15, 0.2) is 11.6 Å². The summed E-state index contributed by atoms with van der Waals surface area (Å²) in [4.78, 5) is 25.1. The Morgan fingerprint density at radius 3 is 2.47 bits per heavy atom. The highest BCUT2D eigenvalue weighted by Crippen LogP contribution is 2.44. The summed E-state index contributed by atoms with van der Waals surface area (Å²) in [6, 6.07) is 4.81. The lowest BCUT2D eigenvalue weighted by molar-refractivity contribution is -0.121. The predicted molar refractivity (Wildman–Crippen MR) is 118 cm³/mol. The van der Waals surface area contributed by atoms with E-state index in [1.165, 1.54) is 13.2 Å². The molecule has 2 bridgehead atoms. The van der Waals surface area contributed by atoms with Crippen molar-refractivity contribution in [1.29, 1.82) is 0 Å². The second kappa shape index (κ2) is 9.12. The molecule has 3 N–H and O–H groups in total. The SMILES string of the molecule is COc1cc(F)c(O)cc1C(=O)N[C@H]1[C@@H](C(=O)Nc2cccc(S(=O)(=O)C(F)(F)F)c2)[C@@H]2C=C[C@H]1C2. The lowest BCUT2D eigenvalue weighted by Gasteiger charge is -2.28. The van der Waals surface area contributed by atoms with E-state index >= 15 is 0 Å². The molecular formula is C23H20F4N2O6S. The molecular weight excluding hydrogens is 508 g/mol. The minimum Gasteiger partial charge on any atom is -0.505 e. The largest absolute Gasteiger partial charge is 0.505 e. The van der Waals surface area contributed by atoms with Crippen LogP contribution in [0.5, 0.6) is 11.5 Å². The van der Waals surface area contributed by atoms with Gasteiger partial charge in [-0.25, -0.2) is 12.8 Å². The summed E-state index contributed by atoms with van der Waals surface area (Å²) < 4.78 is 80.8. The number of aromatic hydroxyl groups is 1. The van der Waals surface area contributed by atoms with E-state index in [9.17, 15) is 40.7 Å². The van der Waals surface area contributed by atoms with Crippen LogP contribution in [0.2, 0.25) is 0 Å². The first-order valence-corrected chi connectivity index (χ1v) is 12.1. The Bertz CT molecular complexity index is 1360. The zero-order valence-corrected chi connectivity index (χ0v) is 19.4. The maximum atomic E-state index is 13.7. The first-order valence-electron chi connectivity index (χ1n) is 10.6. The predicted octanol–water partition coefficient (Wildman–Crippen LogP) is 3.39. The molecule has 1 fully saturated rings. The lowest BCUT2D eigenvalue weighted by Crippen LogP contribution is -2.47. The molecule has 8 nitrogen and oxygen atoms in total. The van der Waals surface area contributed by atoms with Gasteiger partial charge in [0.25, 0.3) is 15.7 Å². The van der Waals surface area contributed by atoms with Gasteiger partial charge in [-0.15, -0.1) is 0 Å². The number of fused-ring (bicyclic) bond motifs is 2. The van der Waals surface area contributed by atoms with Crippen molar-refractivity contribution in [1.82, 2.24) is 5.32 Å². The number of carbonyl (C=O) groups excluding carboxylic acids is 2. The summed E-state index contributed by atoms with van der Waals surface area (Å²) in [5.41, 5.74) is -5.82. The first-order chi connectivity index (χ1) is 16.8. The van der Waals surface area contributed by atoms with E-state index in [2.05, 4.69) is 10.6 Å². The van der Waals surface area contributed by atoms with Crippen LogP contribution in [0.15, 0.2) is 53.4 Å². The third-order valence-electron chi connectivity index (χ3n) is 6.29. The molecule has 192 valence electrons. The van der Waals surface area contributed by atoms with Gasteiger partial charge in [0, 0.05) is 17.8 Å². The molecule has 13 heteroatoms. The van der Waals surface area contributed by atoms with Gasteiger partial charge in [-0.1, -0.05) is 18.2 Å². The van der Waals surface area contributed by atoms with Gasteiger partial charge in [0.2, 0.25) is 5.91 Å². The molecule has 4 atom stereocenters. The molecule has 0 unspecified atom stereocenters. The number of ether oxygens (including phenoxy) is 1. The molecule has 0 spiro atoms. The van der Waals surface area contributed by atoms with Crippen LogP contribution in [-0.2, 0) is 14.6 Å². The van der Waals surface area contributed by atoms with Crippen LogP contribution in [0.3, 0.4) is 0 Å². The number of hydrogen-bond donors (Lipinski definition) is 3. The van der Waals surface area contributed by atoms with Crippen LogP contribution < -0.4 is 15.4 Å². The Hall–Kier alpha value is -3.61. The quantitative estimate of drug-likeness (QED) is 0.390. The number of phenolic OH excluding ortho intramolecular Hbond substituents is 1. The summed E-state index contributed by atoms with van der Waals surface area (Å²) >= 11 is 0. The van der Waals surface area contributed by atoms with E-state index < -0.39 is 55.6 Å². The standard InChI is InChI=1S/C23H20F4N2O6S/c1-35-18-10-16(24)17(30)9-15(18)21(31)29-20-12-6-5-11(7-12)19(20)22(32)28-13-3-2-4-14(8-13)36(33,34)23(25,26)27/h2-6,8-12,19-20,30H,7H2,1H3,(H,28,32)(H,29,31)/t11-,12+,19+,20-/m1/s1. The molecule has 0 heterocycles.